The van der Waals surface area contributed by atoms with Gasteiger partial charge < -0.3 is 19.3 Å². The molecule has 3 fully saturated rings. The van der Waals surface area contributed by atoms with E-state index in [4.69, 9.17) is 9.47 Å². The summed E-state index contributed by atoms with van der Waals surface area (Å²) in [6.45, 7) is 4.97. The Bertz CT molecular complexity index is 1900. The fourth-order valence-corrected chi connectivity index (χ4v) is 9.40. The molecule has 4 bridgehead atoms. The van der Waals surface area contributed by atoms with Crippen LogP contribution in [-0.2, 0) is 14.8 Å². The Morgan fingerprint density at radius 1 is 1.04 bits per heavy atom. The highest BCUT2D eigenvalue weighted by Gasteiger charge is 2.65. The molecule has 51 heavy (non-hydrogen) atoms. The zero-order chi connectivity index (χ0) is 36.3. The van der Waals surface area contributed by atoms with Gasteiger partial charge in [0.15, 0.2) is 0 Å². The lowest BCUT2D eigenvalue weighted by Crippen LogP contribution is -2.64. The maximum atomic E-state index is 14.6. The quantitative estimate of drug-likeness (QED) is 0.284. The number of anilines is 1. The molecule has 0 unspecified atom stereocenters. The van der Waals surface area contributed by atoms with Crippen molar-refractivity contribution in [2.24, 2.45) is 10.8 Å². The van der Waals surface area contributed by atoms with E-state index in [1.807, 2.05) is 32.0 Å². The minimum absolute atomic E-state index is 0.00177. The van der Waals surface area contributed by atoms with Gasteiger partial charge in [-0.25, -0.2) is 18.1 Å². The summed E-state index contributed by atoms with van der Waals surface area (Å²) in [4.78, 5) is 27.1. The Morgan fingerprint density at radius 2 is 1.73 bits per heavy atom. The van der Waals surface area contributed by atoms with Crippen LogP contribution < -0.4 is 9.46 Å². The van der Waals surface area contributed by atoms with Gasteiger partial charge in [0, 0.05) is 42.9 Å². The van der Waals surface area contributed by atoms with E-state index in [9.17, 15) is 26.4 Å². The number of aromatic nitrogens is 2. The summed E-state index contributed by atoms with van der Waals surface area (Å²) in [5.41, 5.74) is 1.08. The van der Waals surface area contributed by atoms with E-state index in [-0.39, 0.29) is 59.6 Å². The smallest absolute Gasteiger partial charge is 0.394 e. The molecule has 0 saturated heterocycles. The lowest BCUT2D eigenvalue weighted by atomic mass is 9.51. The zero-order valence-corrected chi connectivity index (χ0v) is 30.1. The van der Waals surface area contributed by atoms with Gasteiger partial charge in [-0.1, -0.05) is 24.3 Å². The van der Waals surface area contributed by atoms with Crippen molar-refractivity contribution in [3.05, 3.63) is 65.2 Å². The van der Waals surface area contributed by atoms with Crippen molar-refractivity contribution in [2.75, 3.05) is 38.6 Å². The number of amides is 1. The standard InChI is InChI=1S/C37H44F3N5O5S/c1-23-7-5-8-24(2)32(23)30-16-31-42-34(41-30)43-51(47,48)29-10-6-9-25(15-29)33(46)45(28(22-50-31)21-36(11-12-36)37(38,39)40)27-19-35(20-27)17-26(18-35)44(3)13-14-49-4/h5-10,15-16,26-28H,11-14,17-22H2,1-4H3,(H,41,42,43)/t26?,27?,28-,35?/m1/s1. The Hall–Kier alpha value is -3.75. The second kappa shape index (κ2) is 13.0. The predicted octanol–water partition coefficient (Wildman–Crippen LogP) is 6.39. The molecule has 7 rings (SSSR count). The van der Waals surface area contributed by atoms with Crippen LogP contribution in [0.25, 0.3) is 11.3 Å². The topological polar surface area (TPSA) is 114 Å². The number of sulfonamides is 1. The molecule has 3 aromatic rings. The van der Waals surface area contributed by atoms with E-state index in [1.54, 1.807) is 18.1 Å². The number of fused-ring (bicyclic) bond motifs is 4. The molecule has 14 heteroatoms. The largest absolute Gasteiger partial charge is 0.475 e. The van der Waals surface area contributed by atoms with Gasteiger partial charge in [-0.05, 0) is 101 Å². The highest BCUT2D eigenvalue weighted by Crippen LogP contribution is 2.62. The van der Waals surface area contributed by atoms with Crippen molar-refractivity contribution in [3.8, 4) is 17.1 Å². The third kappa shape index (κ3) is 6.82. The molecule has 1 N–H and O–H groups in total. The van der Waals surface area contributed by atoms with E-state index in [2.05, 4.69) is 26.6 Å². The van der Waals surface area contributed by atoms with Crippen molar-refractivity contribution in [1.82, 2.24) is 19.8 Å². The number of alkyl halides is 3. The fraction of sp³-hybridized carbons (Fsp3) is 0.541. The minimum Gasteiger partial charge on any atom is -0.475 e. The van der Waals surface area contributed by atoms with Gasteiger partial charge in [0.05, 0.1) is 28.7 Å². The second-order valence-electron chi connectivity index (χ2n) is 15.1. The molecule has 1 atom stereocenters. The van der Waals surface area contributed by atoms with Gasteiger partial charge in [0.1, 0.15) is 6.61 Å². The Morgan fingerprint density at radius 3 is 2.37 bits per heavy atom. The lowest BCUT2D eigenvalue weighted by molar-refractivity contribution is -0.194. The summed E-state index contributed by atoms with van der Waals surface area (Å²) < 4.78 is 85.0. The number of hydrogen-bond acceptors (Lipinski definition) is 8. The van der Waals surface area contributed by atoms with Crippen LogP contribution in [0.3, 0.4) is 0 Å². The number of aryl methyl sites for hydroxylation is 2. The van der Waals surface area contributed by atoms with Crippen molar-refractivity contribution in [3.63, 3.8) is 0 Å². The molecule has 2 heterocycles. The number of nitrogens with one attached hydrogen (secondary N) is 1. The molecular formula is C37H44F3N5O5S. The summed E-state index contributed by atoms with van der Waals surface area (Å²) >= 11 is 0. The van der Waals surface area contributed by atoms with Crippen LogP contribution in [-0.4, -0.2) is 92.3 Å². The van der Waals surface area contributed by atoms with Gasteiger partial charge in [-0.2, -0.15) is 18.2 Å². The number of rotatable bonds is 8. The van der Waals surface area contributed by atoms with Gasteiger partial charge in [-0.15, -0.1) is 0 Å². The first kappa shape index (κ1) is 35.6. The summed E-state index contributed by atoms with van der Waals surface area (Å²) in [5.74, 6) is -0.772. The molecule has 3 saturated carbocycles. The van der Waals surface area contributed by atoms with E-state index in [1.165, 1.54) is 24.3 Å². The normalized spacial score (nSPS) is 26.5. The Labute approximate surface area is 296 Å². The van der Waals surface area contributed by atoms with Crippen LogP contribution in [0.15, 0.2) is 53.4 Å². The molecule has 4 aliphatic rings. The van der Waals surface area contributed by atoms with Crippen LogP contribution in [0.1, 0.15) is 66.4 Å². The molecule has 1 aromatic heterocycles. The summed E-state index contributed by atoms with van der Waals surface area (Å²) in [5, 5.41) is 0. The van der Waals surface area contributed by atoms with Crippen LogP contribution in [0, 0.1) is 24.7 Å². The van der Waals surface area contributed by atoms with Gasteiger partial charge in [0.2, 0.25) is 11.8 Å². The number of hydrogen-bond donors (Lipinski definition) is 1. The summed E-state index contributed by atoms with van der Waals surface area (Å²) in [7, 11) is -0.547. The number of carbonyl (C=O) groups is 1. The molecule has 274 valence electrons. The third-order valence-corrected chi connectivity index (χ3v) is 12.9. The van der Waals surface area contributed by atoms with Crippen LogP contribution in [0.4, 0.5) is 19.1 Å². The van der Waals surface area contributed by atoms with Gasteiger partial charge >= 0.3 is 6.18 Å². The molecule has 1 aliphatic heterocycles. The monoisotopic (exact) mass is 727 g/mol. The number of benzene rings is 2. The van der Waals surface area contributed by atoms with Crippen molar-refractivity contribution in [1.29, 1.82) is 0 Å². The Balaban J connectivity index is 1.28. The number of nitrogens with zero attached hydrogens (tertiary/aromatic N) is 4. The number of carbonyl (C=O) groups excluding carboxylic acids is 1. The molecule has 1 amide bonds. The van der Waals surface area contributed by atoms with Gasteiger partial charge in [-0.3, -0.25) is 4.79 Å². The highest BCUT2D eigenvalue weighted by molar-refractivity contribution is 7.92. The number of halogens is 3. The Kier molecular flexibility index (Phi) is 9.11. The number of ether oxygens (including phenoxy) is 2. The van der Waals surface area contributed by atoms with Crippen LogP contribution >= 0.6 is 0 Å². The van der Waals surface area contributed by atoms with E-state index < -0.39 is 33.6 Å². The maximum Gasteiger partial charge on any atom is 0.394 e. The molecule has 1 spiro atoms. The maximum absolute atomic E-state index is 14.6. The fourth-order valence-electron chi connectivity index (χ4n) is 8.41. The molecule has 2 aromatic carbocycles. The van der Waals surface area contributed by atoms with Crippen LogP contribution in [0.5, 0.6) is 5.88 Å². The average Bonchev–Trinajstić information content (AvgIpc) is 3.83. The minimum atomic E-state index is -4.45. The highest BCUT2D eigenvalue weighted by atomic mass is 32.2. The van der Waals surface area contributed by atoms with Gasteiger partial charge in [0.25, 0.3) is 15.9 Å². The third-order valence-electron chi connectivity index (χ3n) is 11.5. The lowest BCUT2D eigenvalue weighted by Gasteiger charge is -2.62. The van der Waals surface area contributed by atoms with E-state index in [0.717, 1.165) is 36.1 Å². The SMILES string of the molecule is COCCN(C)C1CC2(C1)CC(N1C(=O)c3cccc(c3)S(=O)(=O)Nc3nc(cc(-c4c(C)cccc4C)n3)OC[C@H]1CC1(C(F)(F)F)CC1)C2. The van der Waals surface area contributed by atoms with Crippen molar-refractivity contribution < 1.29 is 35.9 Å². The summed E-state index contributed by atoms with van der Waals surface area (Å²) in [6.07, 6.45) is -1.66. The van der Waals surface area contributed by atoms with E-state index in [0.29, 0.717) is 31.2 Å². The second-order valence-corrected chi connectivity index (χ2v) is 16.8. The molecule has 0 radical (unpaired) electrons. The van der Waals surface area contributed by atoms with Crippen molar-refractivity contribution in [2.45, 2.75) is 88.0 Å². The summed E-state index contributed by atoms with van der Waals surface area (Å²) in [6, 6.07) is 12.0. The number of likely N-dealkylation sites (N-methyl/N-ethyl adjacent to an activating group) is 1. The van der Waals surface area contributed by atoms with Crippen molar-refractivity contribution >= 4 is 21.9 Å². The molecular weight excluding hydrogens is 683 g/mol. The first-order chi connectivity index (χ1) is 24.1. The van der Waals surface area contributed by atoms with Crippen LogP contribution in [0.2, 0.25) is 0 Å². The first-order valence-corrected chi connectivity index (χ1v) is 18.9. The predicted molar refractivity (Wildman–Crippen MR) is 185 cm³/mol. The molecule has 10 nitrogen and oxygen atoms in total. The number of methoxy groups -OCH3 is 1. The zero-order valence-electron chi connectivity index (χ0n) is 29.3. The van der Waals surface area contributed by atoms with E-state index >= 15 is 0 Å². The first-order valence-electron chi connectivity index (χ1n) is 17.4. The molecule has 3 aliphatic carbocycles. The average molecular weight is 728 g/mol.